The van der Waals surface area contributed by atoms with E-state index in [0.29, 0.717) is 30.6 Å². The Hall–Kier alpha value is -2.93. The zero-order valence-corrected chi connectivity index (χ0v) is 23.2. The van der Waals surface area contributed by atoms with E-state index in [0.717, 1.165) is 61.4 Å². The summed E-state index contributed by atoms with van der Waals surface area (Å²) >= 11 is 6.60. The Morgan fingerprint density at radius 1 is 1.08 bits per heavy atom. The van der Waals surface area contributed by atoms with Gasteiger partial charge in [-0.15, -0.1) is 0 Å². The Balaban J connectivity index is 1.39. The number of amides is 3. The molecule has 1 N–H and O–H groups in total. The number of likely N-dealkylation sites (tertiary alicyclic amines) is 1. The van der Waals surface area contributed by atoms with Crippen LogP contribution in [0.1, 0.15) is 47.0 Å². The molecule has 7 nitrogen and oxygen atoms in total. The molecule has 4 rings (SSSR count). The second kappa shape index (κ2) is 11.6. The lowest BCUT2D eigenvalue weighted by Crippen LogP contribution is -2.52. The van der Waals surface area contributed by atoms with Crippen LogP contribution in [0.15, 0.2) is 42.5 Å². The van der Waals surface area contributed by atoms with Gasteiger partial charge in [-0.3, -0.25) is 4.90 Å². The summed E-state index contributed by atoms with van der Waals surface area (Å²) in [4.78, 5) is 31.5. The predicted octanol–water partition coefficient (Wildman–Crippen LogP) is 6.72. The van der Waals surface area contributed by atoms with Gasteiger partial charge in [0.2, 0.25) is 0 Å². The van der Waals surface area contributed by atoms with E-state index in [9.17, 15) is 9.59 Å². The van der Waals surface area contributed by atoms with Crippen LogP contribution in [-0.4, -0.2) is 66.8 Å². The number of nitrogens with zero attached hydrogens (tertiary/aromatic N) is 3. The first-order valence-electron chi connectivity index (χ1n) is 13.3. The van der Waals surface area contributed by atoms with Gasteiger partial charge in [0.05, 0.1) is 5.02 Å². The maximum atomic E-state index is 13.5. The van der Waals surface area contributed by atoms with Gasteiger partial charge >= 0.3 is 12.1 Å². The molecule has 2 saturated heterocycles. The van der Waals surface area contributed by atoms with Gasteiger partial charge in [0.25, 0.3) is 0 Å². The molecule has 0 saturated carbocycles. The van der Waals surface area contributed by atoms with E-state index in [-0.39, 0.29) is 12.1 Å². The lowest BCUT2D eigenvalue weighted by atomic mass is 9.96. The summed E-state index contributed by atoms with van der Waals surface area (Å²) in [6.45, 7) is 12.1. The van der Waals surface area contributed by atoms with E-state index < -0.39 is 5.60 Å². The van der Waals surface area contributed by atoms with Crippen LogP contribution in [0.3, 0.4) is 0 Å². The number of hydrogen-bond donors (Lipinski definition) is 1. The minimum Gasteiger partial charge on any atom is -0.444 e. The van der Waals surface area contributed by atoms with Crippen molar-refractivity contribution in [1.29, 1.82) is 0 Å². The van der Waals surface area contributed by atoms with Crippen LogP contribution >= 0.6 is 11.6 Å². The number of urea groups is 1. The number of piperidine rings is 1. The molecule has 2 aliphatic heterocycles. The van der Waals surface area contributed by atoms with Crippen LogP contribution in [0, 0.1) is 5.92 Å². The van der Waals surface area contributed by atoms with Crippen LogP contribution < -0.4 is 10.2 Å². The highest BCUT2D eigenvalue weighted by Crippen LogP contribution is 2.33. The fourth-order valence-electron chi connectivity index (χ4n) is 5.03. The molecule has 0 unspecified atom stereocenters. The molecular weight excluding hydrogens is 488 g/mol. The van der Waals surface area contributed by atoms with E-state index >= 15 is 0 Å². The number of rotatable bonds is 6. The third-order valence-electron chi connectivity index (χ3n) is 6.87. The third-order valence-corrected chi connectivity index (χ3v) is 7.19. The molecule has 0 radical (unpaired) electrons. The van der Waals surface area contributed by atoms with Crippen LogP contribution in [-0.2, 0) is 4.74 Å². The van der Waals surface area contributed by atoms with Gasteiger partial charge in [0.1, 0.15) is 5.60 Å². The van der Waals surface area contributed by atoms with Crippen molar-refractivity contribution in [3.8, 4) is 11.1 Å². The minimum absolute atomic E-state index is 0.0477. The zero-order chi connectivity index (χ0) is 26.6. The topological polar surface area (TPSA) is 65.1 Å². The standard InChI is InChI=1S/C29H39ClN4O3/c1-5-31-23-10-11-25(26(30)19-23)22-8-6-9-24(18-22)34-15-7-14-33(27(34)35)20-21-12-16-32(17-13-21)28(36)37-29(2,3)4/h6,8-11,18-19,21,31H,5,7,12-17,20H2,1-4H3. The van der Waals surface area contributed by atoms with Crippen molar-refractivity contribution in [2.45, 2.75) is 52.6 Å². The van der Waals surface area contributed by atoms with Gasteiger partial charge in [-0.05, 0) is 82.7 Å². The van der Waals surface area contributed by atoms with Crippen molar-refractivity contribution in [3.63, 3.8) is 0 Å². The lowest BCUT2D eigenvalue weighted by Gasteiger charge is -2.39. The Kier molecular flexibility index (Phi) is 8.53. The Morgan fingerprint density at radius 2 is 1.84 bits per heavy atom. The first kappa shape index (κ1) is 27.1. The van der Waals surface area contributed by atoms with Crippen molar-refractivity contribution in [1.82, 2.24) is 9.80 Å². The summed E-state index contributed by atoms with van der Waals surface area (Å²) in [5, 5.41) is 3.96. The van der Waals surface area contributed by atoms with Crippen LogP contribution in [0.2, 0.25) is 5.02 Å². The molecule has 37 heavy (non-hydrogen) atoms. The highest BCUT2D eigenvalue weighted by Gasteiger charge is 2.32. The molecule has 2 heterocycles. The quantitative estimate of drug-likeness (QED) is 0.454. The molecule has 8 heteroatoms. The van der Waals surface area contributed by atoms with Crippen molar-refractivity contribution in [2.75, 3.05) is 49.5 Å². The molecule has 0 aliphatic carbocycles. The molecule has 0 spiro atoms. The molecule has 200 valence electrons. The summed E-state index contributed by atoms with van der Waals surface area (Å²) in [7, 11) is 0. The SMILES string of the molecule is CCNc1ccc(-c2cccc(N3CCCN(CC4CCN(C(=O)OC(C)(C)C)CC4)C3=O)c2)c(Cl)c1. The normalized spacial score (nSPS) is 17.2. The summed E-state index contributed by atoms with van der Waals surface area (Å²) < 4.78 is 5.51. The number of nitrogens with one attached hydrogen (secondary N) is 1. The maximum absolute atomic E-state index is 13.5. The lowest BCUT2D eigenvalue weighted by molar-refractivity contribution is 0.0173. The predicted molar refractivity (Wildman–Crippen MR) is 151 cm³/mol. The Bertz CT molecular complexity index is 1110. The average Bonchev–Trinajstić information content (AvgIpc) is 2.85. The average molecular weight is 527 g/mol. The van der Waals surface area contributed by atoms with Gasteiger partial charge in [0.15, 0.2) is 0 Å². The molecule has 0 bridgehead atoms. The smallest absolute Gasteiger partial charge is 0.410 e. The third kappa shape index (κ3) is 6.89. The first-order chi connectivity index (χ1) is 17.6. The summed E-state index contributed by atoms with van der Waals surface area (Å²) in [5.74, 6) is 0.378. The van der Waals surface area contributed by atoms with Gasteiger partial charge in [-0.2, -0.15) is 0 Å². The minimum atomic E-state index is -0.490. The number of carbonyl (C=O) groups excluding carboxylic acids is 2. The number of ether oxygens (including phenoxy) is 1. The number of anilines is 2. The second-order valence-corrected chi connectivity index (χ2v) is 11.3. The summed E-state index contributed by atoms with van der Waals surface area (Å²) in [6, 6.07) is 14.1. The van der Waals surface area contributed by atoms with Crippen LogP contribution in [0.5, 0.6) is 0 Å². The van der Waals surface area contributed by atoms with Gasteiger partial charge in [-0.25, -0.2) is 9.59 Å². The molecule has 0 aromatic heterocycles. The molecule has 2 fully saturated rings. The molecule has 0 atom stereocenters. The van der Waals surface area contributed by atoms with Gasteiger partial charge in [0, 0.05) is 56.2 Å². The summed E-state index contributed by atoms with van der Waals surface area (Å²) in [5.41, 5.74) is 3.33. The van der Waals surface area contributed by atoms with E-state index in [1.807, 2.05) is 67.0 Å². The number of carbonyl (C=O) groups is 2. The monoisotopic (exact) mass is 526 g/mol. The van der Waals surface area contributed by atoms with Gasteiger partial charge in [-0.1, -0.05) is 29.8 Å². The van der Waals surface area contributed by atoms with Crippen molar-refractivity contribution >= 4 is 35.1 Å². The fourth-order valence-corrected chi connectivity index (χ4v) is 5.32. The van der Waals surface area contributed by atoms with Crippen LogP contribution in [0.25, 0.3) is 11.1 Å². The molecule has 2 aromatic rings. The summed E-state index contributed by atoms with van der Waals surface area (Å²) in [6.07, 6.45) is 2.42. The van der Waals surface area contributed by atoms with E-state index in [2.05, 4.69) is 18.3 Å². The van der Waals surface area contributed by atoms with Crippen molar-refractivity contribution in [2.24, 2.45) is 5.92 Å². The van der Waals surface area contributed by atoms with E-state index in [1.54, 1.807) is 4.90 Å². The van der Waals surface area contributed by atoms with Crippen molar-refractivity contribution in [3.05, 3.63) is 47.5 Å². The first-order valence-corrected chi connectivity index (χ1v) is 13.7. The zero-order valence-electron chi connectivity index (χ0n) is 22.4. The maximum Gasteiger partial charge on any atom is 0.410 e. The Morgan fingerprint density at radius 3 is 2.51 bits per heavy atom. The highest BCUT2D eigenvalue weighted by molar-refractivity contribution is 6.33. The number of benzene rings is 2. The van der Waals surface area contributed by atoms with Gasteiger partial charge < -0.3 is 19.9 Å². The fraction of sp³-hybridized carbons (Fsp3) is 0.517. The highest BCUT2D eigenvalue weighted by atomic mass is 35.5. The molecular formula is C29H39ClN4O3. The number of halogens is 1. The molecule has 3 amide bonds. The number of hydrogen-bond acceptors (Lipinski definition) is 4. The van der Waals surface area contributed by atoms with Crippen LogP contribution in [0.4, 0.5) is 21.0 Å². The van der Waals surface area contributed by atoms with Crippen molar-refractivity contribution < 1.29 is 14.3 Å². The molecule has 2 aliphatic rings. The van der Waals surface area contributed by atoms with E-state index in [1.165, 1.54) is 0 Å². The second-order valence-electron chi connectivity index (χ2n) is 10.9. The molecule has 2 aromatic carbocycles. The largest absolute Gasteiger partial charge is 0.444 e. The Labute approximate surface area is 225 Å². The van der Waals surface area contributed by atoms with E-state index in [4.69, 9.17) is 16.3 Å².